The van der Waals surface area contributed by atoms with Gasteiger partial charge in [0, 0.05) is 38.8 Å². The van der Waals surface area contributed by atoms with E-state index in [0.717, 1.165) is 78.8 Å². The van der Waals surface area contributed by atoms with Crippen LogP contribution in [-0.4, -0.2) is 76.1 Å². The van der Waals surface area contributed by atoms with Gasteiger partial charge in [-0.1, -0.05) is 41.4 Å². The Labute approximate surface area is 323 Å². The van der Waals surface area contributed by atoms with Crippen LogP contribution in [0.2, 0.25) is 10.0 Å². The molecule has 9 nitrogen and oxygen atoms in total. The summed E-state index contributed by atoms with van der Waals surface area (Å²) in [5.41, 5.74) is 4.33. The van der Waals surface area contributed by atoms with Crippen LogP contribution in [0.1, 0.15) is 67.2 Å². The van der Waals surface area contributed by atoms with Gasteiger partial charge in [-0.05, 0) is 123 Å². The minimum atomic E-state index is -0.177. The van der Waals surface area contributed by atoms with E-state index in [4.69, 9.17) is 46.9 Å². The predicted molar refractivity (Wildman–Crippen MR) is 206 cm³/mol. The van der Waals surface area contributed by atoms with E-state index in [1.165, 1.54) is 0 Å². The topological polar surface area (TPSA) is 95.6 Å². The van der Waals surface area contributed by atoms with Crippen LogP contribution in [0.4, 0.5) is 0 Å². The first-order chi connectivity index (χ1) is 25.7. The van der Waals surface area contributed by atoms with Gasteiger partial charge in [0.15, 0.2) is 5.75 Å². The summed E-state index contributed by atoms with van der Waals surface area (Å²) in [6.45, 7) is 7.96. The summed E-state index contributed by atoms with van der Waals surface area (Å²) in [6, 6.07) is 18.3. The molecule has 286 valence electrons. The zero-order valence-electron chi connectivity index (χ0n) is 31.0. The van der Waals surface area contributed by atoms with Crippen molar-refractivity contribution in [2.24, 2.45) is 17.8 Å². The van der Waals surface area contributed by atoms with Gasteiger partial charge in [-0.25, -0.2) is 0 Å². The van der Waals surface area contributed by atoms with E-state index in [0.29, 0.717) is 61.9 Å². The molecule has 3 aromatic carbocycles. The van der Waals surface area contributed by atoms with E-state index in [-0.39, 0.29) is 41.6 Å². The summed E-state index contributed by atoms with van der Waals surface area (Å²) in [6.07, 6.45) is 5.45. The second-order valence-corrected chi connectivity index (χ2v) is 15.3. The Morgan fingerprint density at radius 3 is 2.32 bits per heavy atom. The van der Waals surface area contributed by atoms with Gasteiger partial charge in [0.1, 0.15) is 24.7 Å². The van der Waals surface area contributed by atoms with Gasteiger partial charge in [0.05, 0.1) is 35.1 Å². The Morgan fingerprint density at radius 2 is 1.60 bits per heavy atom. The van der Waals surface area contributed by atoms with E-state index < -0.39 is 0 Å². The van der Waals surface area contributed by atoms with Gasteiger partial charge in [-0.2, -0.15) is 0 Å². The van der Waals surface area contributed by atoms with E-state index >= 15 is 0 Å². The lowest BCUT2D eigenvalue weighted by Crippen LogP contribution is -2.47. The lowest BCUT2D eigenvalue weighted by Gasteiger charge is -2.36. The Hall–Kier alpha value is -3.50. The van der Waals surface area contributed by atoms with Gasteiger partial charge in [0.25, 0.3) is 0 Å². The summed E-state index contributed by atoms with van der Waals surface area (Å²) in [7, 11) is 1.72. The number of esters is 1. The molecule has 0 spiro atoms. The molecule has 3 aromatic rings. The van der Waals surface area contributed by atoms with Crippen LogP contribution in [0, 0.1) is 24.7 Å². The maximum Gasteiger partial charge on any atom is 0.309 e. The summed E-state index contributed by atoms with van der Waals surface area (Å²) in [5.74, 6) is 2.05. The monoisotopic (exact) mass is 766 g/mol. The number of nitrogens with zero attached hydrogens (tertiary/aromatic N) is 1. The highest BCUT2D eigenvalue weighted by Gasteiger charge is 2.45. The number of piperidine rings is 1. The minimum Gasteiger partial charge on any atom is -0.493 e. The van der Waals surface area contributed by atoms with Crippen LogP contribution in [0.5, 0.6) is 17.2 Å². The van der Waals surface area contributed by atoms with Crippen LogP contribution in [-0.2, 0) is 32.0 Å². The highest BCUT2D eigenvalue weighted by molar-refractivity contribution is 6.37. The van der Waals surface area contributed by atoms with Crippen LogP contribution < -0.4 is 19.5 Å². The lowest BCUT2D eigenvalue weighted by molar-refractivity contribution is -0.145. The summed E-state index contributed by atoms with van der Waals surface area (Å²) in [4.78, 5) is 28.8. The Bertz CT molecular complexity index is 1680. The van der Waals surface area contributed by atoms with Crippen LogP contribution in [0.15, 0.2) is 54.6 Å². The third kappa shape index (κ3) is 10.8. The molecular weight excluding hydrogens is 715 g/mol. The predicted octanol–water partition coefficient (Wildman–Crippen LogP) is 7.80. The quantitative estimate of drug-likeness (QED) is 0.0976. The van der Waals surface area contributed by atoms with Crippen molar-refractivity contribution in [2.75, 3.05) is 53.2 Å². The number of amides is 1. The number of rotatable bonds is 19. The molecule has 2 aliphatic carbocycles. The van der Waals surface area contributed by atoms with Crippen molar-refractivity contribution in [3.05, 3.63) is 86.9 Å². The van der Waals surface area contributed by atoms with Crippen LogP contribution in [0.25, 0.3) is 0 Å². The molecule has 2 saturated carbocycles. The highest BCUT2D eigenvalue weighted by Crippen LogP contribution is 2.41. The SMILES string of the molecule is CCOC(=O)[C@H]1C[C@@H]1COc1cc(CCCOC)cc(CN(C(=O)[C@@H]2CNCC[C@H]2c2ccc(OCCOc3c(Cl)cc(C)cc3Cl)cc2)C2CC2)c1. The number of ether oxygens (including phenoxy) is 5. The molecule has 53 heavy (non-hydrogen) atoms. The van der Waals surface area contributed by atoms with Gasteiger partial charge in [0.2, 0.25) is 5.91 Å². The molecule has 1 aliphatic heterocycles. The number of benzene rings is 3. The lowest BCUT2D eigenvalue weighted by atomic mass is 9.80. The van der Waals surface area contributed by atoms with Gasteiger partial charge in [-0.15, -0.1) is 0 Å². The van der Waals surface area contributed by atoms with Crippen molar-refractivity contribution in [3.8, 4) is 17.2 Å². The molecule has 1 N–H and O–H groups in total. The molecule has 0 radical (unpaired) electrons. The smallest absolute Gasteiger partial charge is 0.309 e. The number of halogens is 2. The highest BCUT2D eigenvalue weighted by atomic mass is 35.5. The average Bonchev–Trinajstić information content (AvgIpc) is 4.09. The van der Waals surface area contributed by atoms with Crippen molar-refractivity contribution < 1.29 is 33.3 Å². The number of methoxy groups -OCH3 is 1. The summed E-state index contributed by atoms with van der Waals surface area (Å²) < 4.78 is 28.6. The fourth-order valence-corrected chi connectivity index (χ4v) is 7.99. The summed E-state index contributed by atoms with van der Waals surface area (Å²) >= 11 is 12.6. The normalized spacial score (nSPS) is 20.8. The summed E-state index contributed by atoms with van der Waals surface area (Å²) in [5, 5.41) is 4.45. The Morgan fingerprint density at radius 1 is 0.868 bits per heavy atom. The van der Waals surface area contributed by atoms with Crippen molar-refractivity contribution in [1.29, 1.82) is 0 Å². The second-order valence-electron chi connectivity index (χ2n) is 14.5. The standard InChI is InChI=1S/C42H52Cl2N2O7/c1-4-50-42(48)36-23-31(36)26-53-34-21-28(6-5-15-49-3)20-29(22-34)25-46(32-9-10-32)41(47)37-24-45-14-13-35(37)30-7-11-33(12-8-30)51-16-17-52-40-38(43)18-27(2)19-39(40)44/h7-8,11-12,18-22,31-32,35-37,45H,4-6,9-10,13-17,23-26H2,1-3H3/t31-,35+,36+,37-/m1/s1. The van der Waals surface area contributed by atoms with E-state index in [1.807, 2.05) is 38.1 Å². The van der Waals surface area contributed by atoms with E-state index in [9.17, 15) is 9.59 Å². The van der Waals surface area contributed by atoms with Crippen molar-refractivity contribution in [3.63, 3.8) is 0 Å². The van der Waals surface area contributed by atoms with Crippen molar-refractivity contribution >= 4 is 35.1 Å². The first kappa shape index (κ1) is 39.2. The number of carbonyl (C=O) groups is 2. The molecule has 1 amide bonds. The molecule has 3 aliphatic rings. The fraction of sp³-hybridized carbons (Fsp3) is 0.524. The average molecular weight is 768 g/mol. The molecule has 6 rings (SSSR count). The second kappa shape index (κ2) is 18.7. The van der Waals surface area contributed by atoms with Gasteiger partial charge >= 0.3 is 5.97 Å². The zero-order valence-corrected chi connectivity index (χ0v) is 32.6. The first-order valence-corrected chi connectivity index (χ1v) is 19.7. The van der Waals surface area contributed by atoms with Crippen molar-refractivity contribution in [1.82, 2.24) is 10.2 Å². The molecule has 0 unspecified atom stereocenters. The Kier molecular flexibility index (Phi) is 13.8. The van der Waals surface area contributed by atoms with Crippen LogP contribution in [0.3, 0.4) is 0 Å². The van der Waals surface area contributed by atoms with E-state index in [2.05, 4.69) is 40.5 Å². The maximum absolute atomic E-state index is 14.5. The maximum atomic E-state index is 14.5. The number of hydrogen-bond donors (Lipinski definition) is 1. The number of hydrogen-bond acceptors (Lipinski definition) is 8. The number of carbonyl (C=O) groups excluding carboxylic acids is 2. The first-order valence-electron chi connectivity index (χ1n) is 19.0. The molecule has 4 atom stereocenters. The van der Waals surface area contributed by atoms with Gasteiger partial charge in [-0.3, -0.25) is 9.59 Å². The molecular formula is C42H52Cl2N2O7. The largest absolute Gasteiger partial charge is 0.493 e. The van der Waals surface area contributed by atoms with Gasteiger partial charge < -0.3 is 33.9 Å². The molecule has 1 saturated heterocycles. The number of aryl methyl sites for hydroxylation is 2. The van der Waals surface area contributed by atoms with E-state index in [1.54, 1.807) is 7.11 Å². The third-order valence-electron chi connectivity index (χ3n) is 10.3. The molecule has 1 heterocycles. The Balaban J connectivity index is 1.09. The molecule has 0 bridgehead atoms. The molecule has 0 aromatic heterocycles. The zero-order chi connectivity index (χ0) is 37.3. The van der Waals surface area contributed by atoms with Crippen LogP contribution >= 0.6 is 23.2 Å². The molecule has 3 fully saturated rings. The molecule has 11 heteroatoms. The van der Waals surface area contributed by atoms with Crippen molar-refractivity contribution in [2.45, 2.75) is 70.9 Å². The fourth-order valence-electron chi connectivity index (χ4n) is 7.28. The number of nitrogens with one attached hydrogen (secondary N) is 1. The minimum absolute atomic E-state index is 0.0767. The third-order valence-corrected chi connectivity index (χ3v) is 10.8.